The van der Waals surface area contributed by atoms with E-state index in [9.17, 15) is 5.11 Å². The first-order valence-electron chi connectivity index (χ1n) is 4.93. The summed E-state index contributed by atoms with van der Waals surface area (Å²) in [5, 5.41) is 18.4. The molecule has 0 atom stereocenters. The lowest BCUT2D eigenvalue weighted by atomic mass is 9.71. The van der Waals surface area contributed by atoms with Gasteiger partial charge in [0.1, 0.15) is 0 Å². The van der Waals surface area contributed by atoms with Gasteiger partial charge < -0.3 is 5.11 Å². The summed E-state index contributed by atoms with van der Waals surface area (Å²) < 4.78 is 0. The number of allylic oxidation sites excluding steroid dienone is 1. The summed E-state index contributed by atoms with van der Waals surface area (Å²) in [4.78, 5) is 0. The Morgan fingerprint density at radius 1 is 1.54 bits per heavy atom. The van der Waals surface area contributed by atoms with Crippen LogP contribution in [0.3, 0.4) is 0 Å². The van der Waals surface area contributed by atoms with Gasteiger partial charge in [0.25, 0.3) is 0 Å². The topological polar surface area (TPSA) is 44.0 Å². The van der Waals surface area contributed by atoms with Crippen molar-refractivity contribution in [1.29, 1.82) is 5.26 Å². The van der Waals surface area contributed by atoms with Crippen LogP contribution >= 0.6 is 0 Å². The van der Waals surface area contributed by atoms with Gasteiger partial charge in [-0.3, -0.25) is 0 Å². The Kier molecular flexibility index (Phi) is 3.50. The fraction of sp³-hybridized carbons (Fsp3) is 0.727. The van der Waals surface area contributed by atoms with E-state index in [1.54, 1.807) is 0 Å². The molecule has 1 aliphatic carbocycles. The van der Waals surface area contributed by atoms with Crippen molar-refractivity contribution in [2.45, 2.75) is 44.6 Å². The van der Waals surface area contributed by atoms with E-state index < -0.39 is 0 Å². The predicted octanol–water partition coefficient (Wildman–Crippen LogP) is 2.40. The van der Waals surface area contributed by atoms with E-state index in [1.807, 2.05) is 6.08 Å². The SMILES string of the molecule is C=CCC[C@]1(C#N)CC[C@H](O)CC1. The summed E-state index contributed by atoms with van der Waals surface area (Å²) >= 11 is 0. The van der Waals surface area contributed by atoms with E-state index in [0.29, 0.717) is 0 Å². The monoisotopic (exact) mass is 179 g/mol. The van der Waals surface area contributed by atoms with Crippen LogP contribution in [0.15, 0.2) is 12.7 Å². The zero-order valence-electron chi connectivity index (χ0n) is 8.00. The molecule has 1 N–H and O–H groups in total. The summed E-state index contributed by atoms with van der Waals surface area (Å²) in [7, 11) is 0. The van der Waals surface area contributed by atoms with Gasteiger partial charge in [-0.25, -0.2) is 0 Å². The molecule has 2 nitrogen and oxygen atoms in total. The maximum absolute atomic E-state index is 9.33. The van der Waals surface area contributed by atoms with Crippen molar-refractivity contribution in [1.82, 2.24) is 0 Å². The number of hydrogen-bond donors (Lipinski definition) is 1. The second-order valence-electron chi connectivity index (χ2n) is 3.95. The normalized spacial score (nSPS) is 33.7. The van der Waals surface area contributed by atoms with Crippen LogP contribution in [-0.4, -0.2) is 11.2 Å². The van der Waals surface area contributed by atoms with Crippen LogP contribution in [-0.2, 0) is 0 Å². The third-order valence-electron chi connectivity index (χ3n) is 2.98. The lowest BCUT2D eigenvalue weighted by Gasteiger charge is -2.32. The van der Waals surface area contributed by atoms with Gasteiger partial charge in [0.05, 0.1) is 17.6 Å². The van der Waals surface area contributed by atoms with Crippen LogP contribution in [0.4, 0.5) is 0 Å². The Morgan fingerprint density at radius 3 is 2.62 bits per heavy atom. The van der Waals surface area contributed by atoms with Crippen LogP contribution in [0.1, 0.15) is 38.5 Å². The van der Waals surface area contributed by atoms with Crippen molar-refractivity contribution in [2.75, 3.05) is 0 Å². The maximum atomic E-state index is 9.33. The van der Waals surface area contributed by atoms with Gasteiger partial charge >= 0.3 is 0 Å². The fourth-order valence-corrected chi connectivity index (χ4v) is 1.95. The average molecular weight is 179 g/mol. The van der Waals surface area contributed by atoms with Crippen molar-refractivity contribution in [3.8, 4) is 6.07 Å². The molecular weight excluding hydrogens is 162 g/mol. The van der Waals surface area contributed by atoms with E-state index in [-0.39, 0.29) is 11.5 Å². The zero-order chi connectivity index (χ0) is 9.73. The molecule has 0 spiro atoms. The number of aliphatic hydroxyl groups is 1. The summed E-state index contributed by atoms with van der Waals surface area (Å²) in [6.45, 7) is 3.67. The number of hydrogen-bond acceptors (Lipinski definition) is 2. The van der Waals surface area contributed by atoms with E-state index in [0.717, 1.165) is 38.5 Å². The molecule has 0 radical (unpaired) electrons. The number of nitriles is 1. The molecule has 1 rings (SSSR count). The van der Waals surface area contributed by atoms with Gasteiger partial charge in [-0.05, 0) is 38.5 Å². The molecule has 0 aliphatic heterocycles. The van der Waals surface area contributed by atoms with Crippen molar-refractivity contribution < 1.29 is 5.11 Å². The maximum Gasteiger partial charge on any atom is 0.0689 e. The van der Waals surface area contributed by atoms with Crippen molar-refractivity contribution in [2.24, 2.45) is 5.41 Å². The van der Waals surface area contributed by atoms with Crippen LogP contribution < -0.4 is 0 Å². The molecule has 0 saturated heterocycles. The molecular formula is C11H17NO. The molecule has 2 heteroatoms. The van der Waals surface area contributed by atoms with Gasteiger partial charge in [-0.15, -0.1) is 6.58 Å². The highest BCUT2D eigenvalue weighted by molar-refractivity contribution is 5.02. The summed E-state index contributed by atoms with van der Waals surface area (Å²) in [6, 6.07) is 2.41. The number of rotatable bonds is 3. The van der Waals surface area contributed by atoms with Crippen molar-refractivity contribution in [3.63, 3.8) is 0 Å². The van der Waals surface area contributed by atoms with Crippen LogP contribution in [0.25, 0.3) is 0 Å². The minimum Gasteiger partial charge on any atom is -0.393 e. The quantitative estimate of drug-likeness (QED) is 0.676. The fourth-order valence-electron chi connectivity index (χ4n) is 1.95. The molecule has 0 amide bonds. The van der Waals surface area contributed by atoms with Gasteiger partial charge in [0.2, 0.25) is 0 Å². The van der Waals surface area contributed by atoms with E-state index in [1.165, 1.54) is 0 Å². The van der Waals surface area contributed by atoms with Crippen molar-refractivity contribution >= 4 is 0 Å². The van der Waals surface area contributed by atoms with Gasteiger partial charge in [0, 0.05) is 0 Å². The Hall–Kier alpha value is -0.810. The number of nitrogens with zero attached hydrogens (tertiary/aromatic N) is 1. The Bertz CT molecular complexity index is 209. The van der Waals surface area contributed by atoms with Crippen LogP contribution in [0.2, 0.25) is 0 Å². The summed E-state index contributed by atoms with van der Waals surface area (Å²) in [6.07, 6.45) is 6.75. The minimum atomic E-state index is -0.176. The Balaban J connectivity index is 2.51. The third-order valence-corrected chi connectivity index (χ3v) is 2.98. The molecule has 1 aliphatic rings. The van der Waals surface area contributed by atoms with Gasteiger partial charge in [-0.1, -0.05) is 6.08 Å². The highest BCUT2D eigenvalue weighted by Crippen LogP contribution is 2.39. The second-order valence-corrected chi connectivity index (χ2v) is 3.95. The molecule has 0 aromatic carbocycles. The highest BCUT2D eigenvalue weighted by atomic mass is 16.3. The first-order chi connectivity index (χ1) is 6.22. The molecule has 0 bridgehead atoms. The second kappa shape index (κ2) is 4.43. The summed E-state index contributed by atoms with van der Waals surface area (Å²) in [5.41, 5.74) is -0.173. The molecule has 0 aromatic rings. The van der Waals surface area contributed by atoms with E-state index >= 15 is 0 Å². The van der Waals surface area contributed by atoms with Crippen LogP contribution in [0.5, 0.6) is 0 Å². The highest BCUT2D eigenvalue weighted by Gasteiger charge is 2.33. The van der Waals surface area contributed by atoms with Crippen LogP contribution in [0, 0.1) is 16.7 Å². The molecule has 0 heterocycles. The molecule has 13 heavy (non-hydrogen) atoms. The molecule has 1 saturated carbocycles. The average Bonchev–Trinajstić information content (AvgIpc) is 2.18. The lowest BCUT2D eigenvalue weighted by molar-refractivity contribution is 0.0840. The van der Waals surface area contributed by atoms with Gasteiger partial charge in [0.15, 0.2) is 0 Å². The third kappa shape index (κ3) is 2.57. The smallest absolute Gasteiger partial charge is 0.0689 e. The standard InChI is InChI=1S/C11H17NO/c1-2-3-6-11(9-12)7-4-10(13)5-8-11/h2,10,13H,1,3-8H2/t10-,11-. The largest absolute Gasteiger partial charge is 0.393 e. The molecule has 0 aromatic heterocycles. The Labute approximate surface area is 79.9 Å². The molecule has 1 fully saturated rings. The van der Waals surface area contributed by atoms with Gasteiger partial charge in [-0.2, -0.15) is 5.26 Å². The predicted molar refractivity (Wildman–Crippen MR) is 52.0 cm³/mol. The van der Waals surface area contributed by atoms with E-state index in [2.05, 4.69) is 12.6 Å². The minimum absolute atomic E-state index is 0.173. The van der Waals surface area contributed by atoms with E-state index in [4.69, 9.17) is 5.26 Å². The molecule has 0 unspecified atom stereocenters. The first kappa shape index (κ1) is 10.3. The lowest BCUT2D eigenvalue weighted by Crippen LogP contribution is -2.28. The summed E-state index contributed by atoms with van der Waals surface area (Å²) in [5.74, 6) is 0. The Morgan fingerprint density at radius 2 is 2.15 bits per heavy atom. The zero-order valence-corrected chi connectivity index (χ0v) is 8.00. The first-order valence-corrected chi connectivity index (χ1v) is 4.93. The number of aliphatic hydroxyl groups excluding tert-OH is 1. The molecule has 72 valence electrons. The van der Waals surface area contributed by atoms with Crippen molar-refractivity contribution in [3.05, 3.63) is 12.7 Å².